The van der Waals surface area contributed by atoms with Crippen LogP contribution in [-0.2, 0) is 6.54 Å². The van der Waals surface area contributed by atoms with Gasteiger partial charge in [0.05, 0.1) is 11.8 Å². The predicted molar refractivity (Wildman–Crippen MR) is 102 cm³/mol. The first-order valence-corrected chi connectivity index (χ1v) is 9.02. The van der Waals surface area contributed by atoms with Crippen molar-refractivity contribution in [1.82, 2.24) is 4.57 Å². The topological polar surface area (TPSA) is 61.2 Å². The van der Waals surface area contributed by atoms with Crippen LogP contribution in [0.15, 0.2) is 53.1 Å². The Labute approximate surface area is 151 Å². The Hall–Kier alpha value is -3.01. The molecule has 4 heteroatoms. The molecule has 1 radical (unpaired) electrons. The summed E-state index contributed by atoms with van der Waals surface area (Å²) in [6.07, 6.45) is 5.50. The summed E-state index contributed by atoms with van der Waals surface area (Å²) in [5, 5.41) is 1.85. The quantitative estimate of drug-likeness (QED) is 0.581. The maximum absolute atomic E-state index is 12.0. The first-order valence-electron chi connectivity index (χ1n) is 9.02. The number of amides is 1. The molecule has 0 aliphatic heterocycles. The normalized spacial score (nSPS) is 14.8. The first kappa shape index (κ1) is 15.3. The van der Waals surface area contributed by atoms with Crippen molar-refractivity contribution < 1.29 is 9.21 Å². The van der Waals surface area contributed by atoms with Crippen LogP contribution in [-0.4, -0.2) is 10.5 Å². The third kappa shape index (κ3) is 2.25. The second-order valence-corrected chi connectivity index (χ2v) is 7.10. The van der Waals surface area contributed by atoms with E-state index >= 15 is 0 Å². The predicted octanol–water partition coefficient (Wildman–Crippen LogP) is 4.75. The van der Waals surface area contributed by atoms with Crippen molar-refractivity contribution in [3.05, 3.63) is 60.4 Å². The van der Waals surface area contributed by atoms with Crippen LogP contribution in [0.25, 0.3) is 33.1 Å². The Bertz CT molecular complexity index is 1120. The van der Waals surface area contributed by atoms with Crippen molar-refractivity contribution in [3.8, 4) is 11.3 Å². The summed E-state index contributed by atoms with van der Waals surface area (Å²) in [5.41, 5.74) is 9.32. The van der Waals surface area contributed by atoms with Gasteiger partial charge in [-0.2, -0.15) is 0 Å². The molecule has 0 atom stereocenters. The van der Waals surface area contributed by atoms with Crippen molar-refractivity contribution >= 4 is 27.7 Å². The molecule has 0 spiro atoms. The van der Waals surface area contributed by atoms with E-state index in [1.807, 2.05) is 24.3 Å². The number of carbonyl (C=O) groups is 1. The van der Waals surface area contributed by atoms with Crippen LogP contribution in [0, 0.1) is 12.0 Å². The van der Waals surface area contributed by atoms with Gasteiger partial charge in [0.2, 0.25) is 5.91 Å². The van der Waals surface area contributed by atoms with E-state index in [1.54, 1.807) is 12.3 Å². The third-order valence-electron chi connectivity index (χ3n) is 5.53. The standard InChI is InChI=1S/C22H19N2O2/c23-22(25)17-6-2-7-18-21(17)16-10-9-15(20-8-3-11-26-20)12-19(16)24(18)13-14-4-1-5-14/h2-3,6-9,11-12,14H,1,4-5,13H2,(H2,23,25). The molecule has 0 bridgehead atoms. The first-order chi connectivity index (χ1) is 12.7. The lowest BCUT2D eigenvalue weighted by atomic mass is 9.85. The molecule has 1 saturated carbocycles. The van der Waals surface area contributed by atoms with Gasteiger partial charge in [-0.3, -0.25) is 4.79 Å². The fraction of sp³-hybridized carbons (Fsp3) is 0.227. The Morgan fingerprint density at radius 2 is 2.12 bits per heavy atom. The summed E-state index contributed by atoms with van der Waals surface area (Å²) < 4.78 is 7.88. The van der Waals surface area contributed by atoms with Crippen LogP contribution < -0.4 is 5.73 Å². The minimum absolute atomic E-state index is 0.401. The molecule has 2 aromatic carbocycles. The number of nitrogens with two attached hydrogens (primary N) is 1. The van der Waals surface area contributed by atoms with E-state index in [4.69, 9.17) is 10.2 Å². The van der Waals surface area contributed by atoms with E-state index in [2.05, 4.69) is 22.8 Å². The van der Waals surface area contributed by atoms with Gasteiger partial charge in [-0.1, -0.05) is 12.5 Å². The van der Waals surface area contributed by atoms with Crippen LogP contribution in [0.3, 0.4) is 0 Å². The van der Waals surface area contributed by atoms with Crippen molar-refractivity contribution in [2.24, 2.45) is 11.7 Å². The van der Waals surface area contributed by atoms with Crippen LogP contribution in [0.4, 0.5) is 0 Å². The molecule has 5 rings (SSSR count). The minimum atomic E-state index is -0.401. The Balaban J connectivity index is 1.81. The molecule has 1 amide bonds. The maximum Gasteiger partial charge on any atom is 0.249 e. The van der Waals surface area contributed by atoms with Gasteiger partial charge in [0.15, 0.2) is 0 Å². The highest BCUT2D eigenvalue weighted by Crippen LogP contribution is 2.37. The van der Waals surface area contributed by atoms with E-state index in [9.17, 15) is 4.79 Å². The number of carbonyl (C=O) groups excluding carboxylic acids is 1. The number of benzene rings is 2. The highest BCUT2D eigenvalue weighted by atomic mass is 16.3. The zero-order valence-corrected chi connectivity index (χ0v) is 14.4. The number of nitrogens with zero attached hydrogens (tertiary/aromatic N) is 1. The summed E-state index contributed by atoms with van der Waals surface area (Å²) in [6.45, 7) is 0.956. The Morgan fingerprint density at radius 1 is 1.23 bits per heavy atom. The fourth-order valence-electron chi connectivity index (χ4n) is 3.98. The van der Waals surface area contributed by atoms with Crippen molar-refractivity contribution in [2.45, 2.75) is 25.8 Å². The maximum atomic E-state index is 12.0. The van der Waals surface area contributed by atoms with Gasteiger partial charge in [-0.05, 0) is 61.2 Å². The van der Waals surface area contributed by atoms with Gasteiger partial charge in [-0.15, -0.1) is 0 Å². The van der Waals surface area contributed by atoms with E-state index in [1.165, 1.54) is 19.3 Å². The average Bonchev–Trinajstić information content (AvgIpc) is 3.24. The van der Waals surface area contributed by atoms with E-state index < -0.39 is 5.91 Å². The van der Waals surface area contributed by atoms with Gasteiger partial charge >= 0.3 is 0 Å². The molecule has 0 unspecified atom stereocenters. The second kappa shape index (κ2) is 5.77. The molecule has 1 fully saturated rings. The zero-order valence-electron chi connectivity index (χ0n) is 14.4. The van der Waals surface area contributed by atoms with Crippen LogP contribution in [0.1, 0.15) is 29.6 Å². The highest BCUT2D eigenvalue weighted by molar-refractivity contribution is 6.18. The molecule has 0 saturated heterocycles. The van der Waals surface area contributed by atoms with Crippen LogP contribution in [0.5, 0.6) is 0 Å². The summed E-state index contributed by atoms with van der Waals surface area (Å²) in [5.74, 6) is 1.11. The molecular weight excluding hydrogens is 324 g/mol. The fourth-order valence-corrected chi connectivity index (χ4v) is 3.98. The molecule has 4 aromatic rings. The number of primary amides is 1. The molecular formula is C22H19N2O2. The number of rotatable bonds is 4. The third-order valence-corrected chi connectivity index (χ3v) is 5.53. The van der Waals surface area contributed by atoms with Gasteiger partial charge in [0.1, 0.15) is 5.76 Å². The number of hydrogen-bond acceptors (Lipinski definition) is 2. The Morgan fingerprint density at radius 3 is 2.81 bits per heavy atom. The lowest BCUT2D eigenvalue weighted by molar-refractivity contribution is 0.100. The molecule has 4 nitrogen and oxygen atoms in total. The van der Waals surface area contributed by atoms with Gasteiger partial charge < -0.3 is 14.7 Å². The van der Waals surface area contributed by atoms with E-state index in [-0.39, 0.29) is 0 Å². The summed E-state index contributed by atoms with van der Waals surface area (Å²) in [7, 11) is 0. The number of furan rings is 1. The number of hydrogen-bond donors (Lipinski definition) is 1. The van der Waals surface area contributed by atoms with Crippen molar-refractivity contribution in [2.75, 3.05) is 0 Å². The van der Waals surface area contributed by atoms with Crippen molar-refractivity contribution in [3.63, 3.8) is 0 Å². The number of aromatic nitrogens is 1. The molecule has 2 heterocycles. The lowest BCUT2D eigenvalue weighted by Gasteiger charge is -2.26. The summed E-state index contributed by atoms with van der Waals surface area (Å²) in [4.78, 5) is 12.0. The van der Waals surface area contributed by atoms with Gasteiger partial charge in [0.25, 0.3) is 0 Å². The summed E-state index contributed by atoms with van der Waals surface area (Å²) >= 11 is 0. The molecule has 2 aromatic heterocycles. The minimum Gasteiger partial charge on any atom is -0.464 e. The lowest BCUT2D eigenvalue weighted by Crippen LogP contribution is -2.18. The van der Waals surface area contributed by atoms with Gasteiger partial charge in [0, 0.05) is 34.0 Å². The second-order valence-electron chi connectivity index (χ2n) is 7.10. The molecule has 26 heavy (non-hydrogen) atoms. The average molecular weight is 343 g/mol. The summed E-state index contributed by atoms with van der Waals surface area (Å²) in [6, 6.07) is 17.1. The monoisotopic (exact) mass is 343 g/mol. The van der Waals surface area contributed by atoms with Gasteiger partial charge in [-0.25, -0.2) is 0 Å². The molecule has 1 aliphatic carbocycles. The van der Waals surface area contributed by atoms with E-state index in [0.29, 0.717) is 11.5 Å². The van der Waals surface area contributed by atoms with E-state index in [0.717, 1.165) is 39.7 Å². The molecule has 2 N–H and O–H groups in total. The highest BCUT2D eigenvalue weighted by Gasteiger charge is 2.22. The number of fused-ring (bicyclic) bond motifs is 3. The smallest absolute Gasteiger partial charge is 0.249 e. The SMILES string of the molecule is NC(=O)c1cccc2c1c1[c]cc(-c3ccco3)cc1n2CC1CCC1. The van der Waals surface area contributed by atoms with Crippen LogP contribution >= 0.6 is 0 Å². The molecule has 129 valence electrons. The Kier molecular flexibility index (Phi) is 3.38. The van der Waals surface area contributed by atoms with Crippen molar-refractivity contribution in [1.29, 1.82) is 0 Å². The molecule has 1 aliphatic rings. The van der Waals surface area contributed by atoms with Crippen LogP contribution in [0.2, 0.25) is 0 Å². The zero-order chi connectivity index (χ0) is 17.7. The largest absolute Gasteiger partial charge is 0.464 e.